The molecular weight excluding hydrogens is 359 g/mol. The molecule has 1 aromatic carbocycles. The van der Waals surface area contributed by atoms with Crippen LogP contribution in [0.2, 0.25) is 10.0 Å². The van der Waals surface area contributed by atoms with Crippen LogP contribution in [0, 0.1) is 0 Å². The molecule has 1 aliphatic rings. The van der Waals surface area contributed by atoms with Gasteiger partial charge in [0.2, 0.25) is 11.8 Å². The van der Waals surface area contributed by atoms with Gasteiger partial charge in [0.1, 0.15) is 6.04 Å². The van der Waals surface area contributed by atoms with Crippen molar-refractivity contribution in [2.45, 2.75) is 71.0 Å². The average Bonchev–Trinajstić information content (AvgIpc) is 3.08. The molecule has 1 atom stereocenters. The van der Waals surface area contributed by atoms with Gasteiger partial charge in [0.15, 0.2) is 0 Å². The SMILES string of the molecule is CCC(=O)N(Cc1ccc(Cl)cc1Cl)[C@@H](CC)C(=O)NC1CCCC1. The van der Waals surface area contributed by atoms with E-state index in [1.54, 1.807) is 24.0 Å². The van der Waals surface area contributed by atoms with Gasteiger partial charge in [-0.3, -0.25) is 9.59 Å². The number of nitrogens with zero attached hydrogens (tertiary/aromatic N) is 1. The number of amides is 2. The van der Waals surface area contributed by atoms with Crippen molar-refractivity contribution >= 4 is 35.0 Å². The molecule has 138 valence electrons. The lowest BCUT2D eigenvalue weighted by Crippen LogP contribution is -2.50. The van der Waals surface area contributed by atoms with Crippen LogP contribution in [-0.4, -0.2) is 28.8 Å². The molecule has 2 rings (SSSR count). The van der Waals surface area contributed by atoms with Crippen LogP contribution in [0.1, 0.15) is 57.9 Å². The Balaban J connectivity index is 2.17. The summed E-state index contributed by atoms with van der Waals surface area (Å²) < 4.78 is 0. The summed E-state index contributed by atoms with van der Waals surface area (Å²) in [6.07, 6.45) is 5.26. The second kappa shape index (κ2) is 9.44. The van der Waals surface area contributed by atoms with Gasteiger partial charge in [0.05, 0.1) is 0 Å². The maximum Gasteiger partial charge on any atom is 0.243 e. The molecular formula is C19H26Cl2N2O2. The standard InChI is InChI=1S/C19H26Cl2N2O2/c1-3-17(19(25)22-15-7-5-6-8-15)23(18(24)4-2)12-13-9-10-14(20)11-16(13)21/h9-11,15,17H,3-8,12H2,1-2H3,(H,22,25)/t17-/m0/s1. The van der Waals surface area contributed by atoms with Crippen molar-refractivity contribution < 1.29 is 9.59 Å². The van der Waals surface area contributed by atoms with E-state index >= 15 is 0 Å². The Kier molecular flexibility index (Phi) is 7.57. The van der Waals surface area contributed by atoms with E-state index in [4.69, 9.17) is 23.2 Å². The third-order valence-electron chi connectivity index (χ3n) is 4.75. The van der Waals surface area contributed by atoms with Crippen molar-refractivity contribution in [3.8, 4) is 0 Å². The van der Waals surface area contributed by atoms with Crippen molar-refractivity contribution in [3.05, 3.63) is 33.8 Å². The molecule has 6 heteroatoms. The first-order valence-electron chi connectivity index (χ1n) is 9.00. The fraction of sp³-hybridized carbons (Fsp3) is 0.579. The highest BCUT2D eigenvalue weighted by Crippen LogP contribution is 2.24. The summed E-state index contributed by atoms with van der Waals surface area (Å²) in [5.74, 6) is -0.124. The van der Waals surface area contributed by atoms with Gasteiger partial charge in [-0.2, -0.15) is 0 Å². The van der Waals surface area contributed by atoms with Gasteiger partial charge in [0.25, 0.3) is 0 Å². The minimum Gasteiger partial charge on any atom is -0.352 e. The summed E-state index contributed by atoms with van der Waals surface area (Å²) in [6.45, 7) is 4.04. The van der Waals surface area contributed by atoms with Crippen molar-refractivity contribution in [3.63, 3.8) is 0 Å². The largest absolute Gasteiger partial charge is 0.352 e. The summed E-state index contributed by atoms with van der Waals surface area (Å²) in [6, 6.07) is 4.96. The average molecular weight is 385 g/mol. The summed E-state index contributed by atoms with van der Waals surface area (Å²) >= 11 is 12.2. The van der Waals surface area contributed by atoms with Crippen LogP contribution >= 0.6 is 23.2 Å². The molecule has 0 saturated heterocycles. The van der Waals surface area contributed by atoms with E-state index in [1.807, 2.05) is 13.0 Å². The Morgan fingerprint density at radius 1 is 1.24 bits per heavy atom. The zero-order chi connectivity index (χ0) is 18.4. The summed E-state index contributed by atoms with van der Waals surface area (Å²) in [7, 11) is 0. The van der Waals surface area contributed by atoms with Gasteiger partial charge < -0.3 is 10.2 Å². The molecule has 0 aliphatic heterocycles. The lowest BCUT2D eigenvalue weighted by atomic mass is 10.1. The highest BCUT2D eigenvalue weighted by atomic mass is 35.5. The smallest absolute Gasteiger partial charge is 0.243 e. The third-order valence-corrected chi connectivity index (χ3v) is 5.33. The summed E-state index contributed by atoms with van der Waals surface area (Å²) in [5.41, 5.74) is 0.792. The molecule has 0 heterocycles. The highest BCUT2D eigenvalue weighted by Gasteiger charge is 2.30. The minimum absolute atomic E-state index is 0.0561. The van der Waals surface area contributed by atoms with E-state index in [-0.39, 0.29) is 17.9 Å². The molecule has 1 N–H and O–H groups in total. The van der Waals surface area contributed by atoms with Crippen LogP contribution in [0.25, 0.3) is 0 Å². The molecule has 4 nitrogen and oxygen atoms in total. The second-order valence-electron chi connectivity index (χ2n) is 6.52. The second-order valence-corrected chi connectivity index (χ2v) is 7.37. The number of halogens is 2. The maximum absolute atomic E-state index is 12.8. The number of benzene rings is 1. The van der Waals surface area contributed by atoms with E-state index in [1.165, 1.54) is 0 Å². The Bertz CT molecular complexity index is 615. The number of carbonyl (C=O) groups excluding carboxylic acids is 2. The Morgan fingerprint density at radius 3 is 2.48 bits per heavy atom. The first-order valence-corrected chi connectivity index (χ1v) is 9.75. The first-order chi connectivity index (χ1) is 12.0. The predicted octanol–water partition coefficient (Wildman–Crippen LogP) is 4.57. The lowest BCUT2D eigenvalue weighted by molar-refractivity contribution is -0.141. The van der Waals surface area contributed by atoms with E-state index < -0.39 is 6.04 Å². The topological polar surface area (TPSA) is 49.4 Å². The first kappa shape index (κ1) is 20.1. The molecule has 25 heavy (non-hydrogen) atoms. The molecule has 0 bridgehead atoms. The van der Waals surface area contributed by atoms with Gasteiger partial charge in [-0.25, -0.2) is 0 Å². The monoisotopic (exact) mass is 384 g/mol. The molecule has 1 aromatic rings. The molecule has 0 unspecified atom stereocenters. The van der Waals surface area contributed by atoms with Crippen LogP contribution in [0.5, 0.6) is 0 Å². The third kappa shape index (κ3) is 5.35. The summed E-state index contributed by atoms with van der Waals surface area (Å²) in [5, 5.41) is 4.17. The number of hydrogen-bond acceptors (Lipinski definition) is 2. The Hall–Kier alpha value is -1.26. The molecule has 1 fully saturated rings. The predicted molar refractivity (Wildman–Crippen MR) is 102 cm³/mol. The lowest BCUT2D eigenvalue weighted by Gasteiger charge is -2.31. The maximum atomic E-state index is 12.8. The molecule has 2 amide bonds. The van der Waals surface area contributed by atoms with Crippen molar-refractivity contribution in [2.24, 2.45) is 0 Å². The van der Waals surface area contributed by atoms with Gasteiger partial charge in [-0.05, 0) is 37.0 Å². The van der Waals surface area contributed by atoms with Gasteiger partial charge in [0, 0.05) is 29.1 Å². The van der Waals surface area contributed by atoms with Gasteiger partial charge >= 0.3 is 0 Å². The Morgan fingerprint density at radius 2 is 1.92 bits per heavy atom. The van der Waals surface area contributed by atoms with Crippen LogP contribution < -0.4 is 5.32 Å². The van der Waals surface area contributed by atoms with Crippen LogP contribution in [0.15, 0.2) is 18.2 Å². The fourth-order valence-corrected chi connectivity index (χ4v) is 3.79. The van der Waals surface area contributed by atoms with E-state index in [2.05, 4.69) is 5.32 Å². The molecule has 1 saturated carbocycles. The van der Waals surface area contributed by atoms with Crippen LogP contribution in [-0.2, 0) is 16.1 Å². The number of carbonyl (C=O) groups is 2. The van der Waals surface area contributed by atoms with E-state index in [0.29, 0.717) is 29.4 Å². The number of nitrogens with one attached hydrogen (secondary N) is 1. The normalized spacial score (nSPS) is 15.8. The molecule has 0 radical (unpaired) electrons. The number of rotatable bonds is 7. The van der Waals surface area contributed by atoms with Crippen molar-refractivity contribution in [2.75, 3.05) is 0 Å². The zero-order valence-electron chi connectivity index (χ0n) is 14.9. The highest BCUT2D eigenvalue weighted by molar-refractivity contribution is 6.35. The van der Waals surface area contributed by atoms with E-state index in [0.717, 1.165) is 31.2 Å². The minimum atomic E-state index is -0.486. The van der Waals surface area contributed by atoms with Crippen LogP contribution in [0.4, 0.5) is 0 Å². The molecule has 0 spiro atoms. The van der Waals surface area contributed by atoms with Gasteiger partial charge in [-0.1, -0.05) is 56.0 Å². The Labute approximate surface area is 159 Å². The fourth-order valence-electron chi connectivity index (χ4n) is 3.32. The summed E-state index contributed by atoms with van der Waals surface area (Å²) in [4.78, 5) is 26.9. The van der Waals surface area contributed by atoms with Gasteiger partial charge in [-0.15, -0.1) is 0 Å². The van der Waals surface area contributed by atoms with E-state index in [9.17, 15) is 9.59 Å². The van der Waals surface area contributed by atoms with Crippen molar-refractivity contribution in [1.82, 2.24) is 10.2 Å². The van der Waals surface area contributed by atoms with Crippen molar-refractivity contribution in [1.29, 1.82) is 0 Å². The quantitative estimate of drug-likeness (QED) is 0.748. The molecule has 1 aliphatic carbocycles. The van der Waals surface area contributed by atoms with Crippen LogP contribution in [0.3, 0.4) is 0 Å². The number of hydrogen-bond donors (Lipinski definition) is 1. The molecule has 0 aromatic heterocycles. The zero-order valence-corrected chi connectivity index (χ0v) is 16.4.